The molecule has 0 atom stereocenters. The molecule has 6 heteroatoms. The fourth-order valence-corrected chi connectivity index (χ4v) is 6.44. The standard InChI is InChI=1S/C37H28N2O4/c1-21-17-23-9-3-5-13-27(23)31-32-28-14-6-4-10-24(28)18-22(2)34(32)37(33(21)31,38-19-25-11-7-15-29(40)35(25)42)39-20-26-12-8-16-30(41)36(26)43/h3-20,40-43H,1-2H3. The SMILES string of the molecule is Cc1cc2ccccc2c2c1C(N=Cc1cccc(O)c1O)(N=Cc1cccc(O)c1O)c1c(C)cc3ccccc3c1-2. The van der Waals surface area contributed by atoms with Gasteiger partial charge in [-0.15, -0.1) is 0 Å². The lowest BCUT2D eigenvalue weighted by Gasteiger charge is -2.27. The molecule has 1 aliphatic carbocycles. The van der Waals surface area contributed by atoms with Gasteiger partial charge < -0.3 is 20.4 Å². The minimum absolute atomic E-state index is 0.247. The first-order valence-corrected chi connectivity index (χ1v) is 14.0. The van der Waals surface area contributed by atoms with Gasteiger partial charge in [0.05, 0.1) is 0 Å². The van der Waals surface area contributed by atoms with Crippen LogP contribution in [0.2, 0.25) is 0 Å². The number of rotatable bonds is 4. The molecule has 0 aliphatic heterocycles. The Kier molecular flexibility index (Phi) is 5.95. The molecule has 0 saturated carbocycles. The summed E-state index contributed by atoms with van der Waals surface area (Å²) in [6.07, 6.45) is 3.08. The number of phenols is 4. The molecule has 0 heterocycles. The normalized spacial score (nSPS) is 13.7. The summed E-state index contributed by atoms with van der Waals surface area (Å²) >= 11 is 0. The summed E-state index contributed by atoms with van der Waals surface area (Å²) in [6, 6.07) is 30.3. The van der Waals surface area contributed by atoms with Crippen molar-refractivity contribution in [2.24, 2.45) is 9.98 Å². The van der Waals surface area contributed by atoms with Crippen molar-refractivity contribution in [3.8, 4) is 34.1 Å². The second kappa shape index (κ2) is 9.74. The van der Waals surface area contributed by atoms with Crippen molar-refractivity contribution >= 4 is 34.0 Å². The van der Waals surface area contributed by atoms with E-state index in [-0.39, 0.29) is 23.0 Å². The number of para-hydroxylation sites is 2. The lowest BCUT2D eigenvalue weighted by molar-refractivity contribution is 0.403. The van der Waals surface area contributed by atoms with Gasteiger partial charge >= 0.3 is 0 Å². The number of fused-ring (bicyclic) bond motifs is 7. The molecule has 0 spiro atoms. The zero-order chi connectivity index (χ0) is 29.9. The minimum atomic E-state index is -1.33. The Morgan fingerprint density at radius 1 is 0.535 bits per heavy atom. The largest absolute Gasteiger partial charge is 0.504 e. The highest BCUT2D eigenvalue weighted by Gasteiger charge is 2.47. The van der Waals surface area contributed by atoms with E-state index in [1.165, 1.54) is 24.6 Å². The van der Waals surface area contributed by atoms with Crippen LogP contribution in [-0.2, 0) is 5.66 Å². The van der Waals surface area contributed by atoms with Crippen molar-refractivity contribution in [1.29, 1.82) is 0 Å². The summed E-state index contributed by atoms with van der Waals surface area (Å²) in [5, 5.41) is 46.1. The second-order valence-corrected chi connectivity index (χ2v) is 10.9. The molecule has 4 N–H and O–H groups in total. The first-order chi connectivity index (χ1) is 20.8. The van der Waals surface area contributed by atoms with Crippen molar-refractivity contribution in [2.45, 2.75) is 19.5 Å². The number of aliphatic imine (C=N–C) groups is 2. The third kappa shape index (κ3) is 3.95. The zero-order valence-electron chi connectivity index (χ0n) is 23.6. The van der Waals surface area contributed by atoms with E-state index in [1.54, 1.807) is 24.3 Å². The van der Waals surface area contributed by atoms with Crippen molar-refractivity contribution < 1.29 is 20.4 Å². The van der Waals surface area contributed by atoms with Crippen LogP contribution in [0.4, 0.5) is 0 Å². The number of aromatic hydroxyl groups is 4. The van der Waals surface area contributed by atoms with Crippen LogP contribution < -0.4 is 0 Å². The lowest BCUT2D eigenvalue weighted by Crippen LogP contribution is -2.23. The molecule has 7 rings (SSSR count). The maximum atomic E-state index is 10.7. The Bertz CT molecular complexity index is 2010. The van der Waals surface area contributed by atoms with Gasteiger partial charge in [-0.25, -0.2) is 0 Å². The van der Waals surface area contributed by atoms with Crippen LogP contribution in [0.5, 0.6) is 23.0 Å². The van der Waals surface area contributed by atoms with Crippen LogP contribution in [-0.4, -0.2) is 32.9 Å². The van der Waals surface area contributed by atoms with Crippen LogP contribution in [0, 0.1) is 13.8 Å². The predicted molar refractivity (Wildman–Crippen MR) is 172 cm³/mol. The van der Waals surface area contributed by atoms with Crippen LogP contribution in [0.25, 0.3) is 32.7 Å². The Balaban J connectivity index is 1.65. The maximum Gasteiger partial charge on any atom is 0.202 e. The van der Waals surface area contributed by atoms with Gasteiger partial charge in [-0.1, -0.05) is 72.8 Å². The fraction of sp³-hybridized carbons (Fsp3) is 0.0811. The molecule has 0 aromatic heterocycles. The number of hydrogen-bond acceptors (Lipinski definition) is 6. The van der Waals surface area contributed by atoms with Gasteiger partial charge in [-0.2, -0.15) is 0 Å². The predicted octanol–water partition coefficient (Wildman–Crippen LogP) is 7.85. The van der Waals surface area contributed by atoms with E-state index >= 15 is 0 Å². The molecule has 0 saturated heterocycles. The molecule has 0 fully saturated rings. The third-order valence-corrected chi connectivity index (χ3v) is 8.31. The van der Waals surface area contributed by atoms with Crippen molar-refractivity contribution in [3.63, 3.8) is 0 Å². The molecule has 6 nitrogen and oxygen atoms in total. The van der Waals surface area contributed by atoms with E-state index in [1.807, 2.05) is 38.1 Å². The van der Waals surface area contributed by atoms with Crippen LogP contribution in [0.3, 0.4) is 0 Å². The van der Waals surface area contributed by atoms with E-state index in [9.17, 15) is 20.4 Å². The number of benzene rings is 6. The number of phenolic OH excluding ortho intramolecular Hbond substituents is 4. The first kappa shape index (κ1) is 26.3. The maximum absolute atomic E-state index is 10.7. The molecule has 6 aromatic carbocycles. The summed E-state index contributed by atoms with van der Waals surface area (Å²) in [7, 11) is 0. The van der Waals surface area contributed by atoms with Crippen molar-refractivity contribution in [2.75, 3.05) is 0 Å². The first-order valence-electron chi connectivity index (χ1n) is 14.0. The van der Waals surface area contributed by atoms with Crippen molar-refractivity contribution in [3.05, 3.63) is 130 Å². The quantitative estimate of drug-likeness (QED) is 0.129. The van der Waals surface area contributed by atoms with Crippen LogP contribution in [0.15, 0.2) is 107 Å². The Morgan fingerprint density at radius 2 is 0.953 bits per heavy atom. The minimum Gasteiger partial charge on any atom is -0.504 e. The highest BCUT2D eigenvalue weighted by atomic mass is 16.3. The van der Waals surface area contributed by atoms with Crippen molar-refractivity contribution in [1.82, 2.24) is 0 Å². The molecular formula is C37H28N2O4. The lowest BCUT2D eigenvalue weighted by atomic mass is 9.89. The highest BCUT2D eigenvalue weighted by molar-refractivity contribution is 6.12. The molecule has 0 radical (unpaired) electrons. The molecule has 1 aliphatic rings. The fourth-order valence-electron chi connectivity index (χ4n) is 6.44. The van der Waals surface area contributed by atoms with Gasteiger partial charge in [0, 0.05) is 34.7 Å². The Hall–Kier alpha value is -5.62. The summed E-state index contributed by atoms with van der Waals surface area (Å²) in [5.74, 6) is -1.05. The molecule has 6 aromatic rings. The summed E-state index contributed by atoms with van der Waals surface area (Å²) < 4.78 is 0. The monoisotopic (exact) mass is 564 g/mol. The molecule has 0 amide bonds. The van der Waals surface area contributed by atoms with Gasteiger partial charge in [0.2, 0.25) is 5.66 Å². The second-order valence-electron chi connectivity index (χ2n) is 10.9. The van der Waals surface area contributed by atoms with E-state index in [0.29, 0.717) is 11.1 Å². The van der Waals surface area contributed by atoms with E-state index in [4.69, 9.17) is 9.98 Å². The van der Waals surface area contributed by atoms with Crippen LogP contribution in [0.1, 0.15) is 33.4 Å². The summed E-state index contributed by atoms with van der Waals surface area (Å²) in [6.45, 7) is 4.10. The summed E-state index contributed by atoms with van der Waals surface area (Å²) in [4.78, 5) is 10.3. The smallest absolute Gasteiger partial charge is 0.202 e. The average molecular weight is 565 g/mol. The zero-order valence-corrected chi connectivity index (χ0v) is 23.6. The van der Waals surface area contributed by atoms with Crippen LogP contribution >= 0.6 is 0 Å². The van der Waals surface area contributed by atoms with Gasteiger partial charge in [0.15, 0.2) is 23.0 Å². The van der Waals surface area contributed by atoms with Gasteiger partial charge in [0.1, 0.15) is 0 Å². The molecule has 43 heavy (non-hydrogen) atoms. The van der Waals surface area contributed by atoms with E-state index < -0.39 is 5.66 Å². The number of hydrogen-bond donors (Lipinski definition) is 4. The Labute approximate surface area is 248 Å². The summed E-state index contributed by atoms with van der Waals surface area (Å²) in [5.41, 5.74) is 5.11. The van der Waals surface area contributed by atoms with Gasteiger partial charge in [0.25, 0.3) is 0 Å². The highest BCUT2D eigenvalue weighted by Crippen LogP contribution is 2.57. The third-order valence-electron chi connectivity index (χ3n) is 8.31. The van der Waals surface area contributed by atoms with E-state index in [0.717, 1.165) is 54.9 Å². The van der Waals surface area contributed by atoms with Gasteiger partial charge in [-0.05, 0) is 81.9 Å². The topological polar surface area (TPSA) is 106 Å². The Morgan fingerprint density at radius 3 is 1.40 bits per heavy atom. The number of aryl methyl sites for hydroxylation is 2. The molecule has 0 unspecified atom stereocenters. The number of nitrogens with zero attached hydrogens (tertiary/aromatic N) is 2. The molecule has 210 valence electrons. The van der Waals surface area contributed by atoms with Gasteiger partial charge in [-0.3, -0.25) is 9.98 Å². The van der Waals surface area contributed by atoms with E-state index in [2.05, 4.69) is 36.4 Å². The average Bonchev–Trinajstić information content (AvgIpc) is 3.32. The molecule has 0 bridgehead atoms. The molecular weight excluding hydrogens is 536 g/mol.